The van der Waals surface area contributed by atoms with Gasteiger partial charge >= 0.3 is 0 Å². The van der Waals surface area contributed by atoms with Crippen LogP contribution in [-0.2, 0) is 0 Å². The zero-order valence-electron chi connectivity index (χ0n) is 11.6. The van der Waals surface area contributed by atoms with Gasteiger partial charge in [0.1, 0.15) is 5.69 Å². The lowest BCUT2D eigenvalue weighted by molar-refractivity contribution is -0.384. The molecular formula is C13H19N3O3. The standard InChI is InChI=1S/C13H19N3O3/c1-8(2)9(3)15-11-6-5-10(13(17)14-4)7-12(11)16(18)19/h5-9,15H,1-4H3,(H,14,17). The summed E-state index contributed by atoms with van der Waals surface area (Å²) in [6, 6.07) is 4.53. The summed E-state index contributed by atoms with van der Waals surface area (Å²) in [6.07, 6.45) is 0. The van der Waals surface area contributed by atoms with E-state index < -0.39 is 4.92 Å². The van der Waals surface area contributed by atoms with Crippen molar-refractivity contribution in [2.75, 3.05) is 12.4 Å². The summed E-state index contributed by atoms with van der Waals surface area (Å²) in [6.45, 7) is 6.02. The largest absolute Gasteiger partial charge is 0.377 e. The fourth-order valence-corrected chi connectivity index (χ4v) is 1.50. The van der Waals surface area contributed by atoms with Crippen LogP contribution < -0.4 is 10.6 Å². The van der Waals surface area contributed by atoms with Crippen LogP contribution in [0.15, 0.2) is 18.2 Å². The molecule has 1 unspecified atom stereocenters. The maximum Gasteiger partial charge on any atom is 0.293 e. The van der Waals surface area contributed by atoms with E-state index in [0.717, 1.165) is 0 Å². The number of nitrogens with zero attached hydrogens (tertiary/aromatic N) is 1. The first kappa shape index (κ1) is 14.9. The molecule has 0 aliphatic rings. The molecule has 1 aromatic rings. The van der Waals surface area contributed by atoms with Gasteiger partial charge in [-0.2, -0.15) is 0 Å². The maximum atomic E-state index is 11.5. The van der Waals surface area contributed by atoms with Crippen molar-refractivity contribution in [2.45, 2.75) is 26.8 Å². The second-order valence-corrected chi connectivity index (χ2v) is 4.75. The van der Waals surface area contributed by atoms with Crippen LogP contribution in [0.4, 0.5) is 11.4 Å². The highest BCUT2D eigenvalue weighted by Crippen LogP contribution is 2.27. The molecule has 6 heteroatoms. The highest BCUT2D eigenvalue weighted by atomic mass is 16.6. The Balaban J connectivity index is 3.12. The zero-order chi connectivity index (χ0) is 14.6. The molecule has 0 aromatic heterocycles. The van der Waals surface area contributed by atoms with E-state index in [2.05, 4.69) is 10.6 Å². The molecule has 6 nitrogen and oxygen atoms in total. The number of nitrogens with one attached hydrogen (secondary N) is 2. The minimum atomic E-state index is -0.484. The number of hydrogen-bond acceptors (Lipinski definition) is 4. The van der Waals surface area contributed by atoms with Gasteiger partial charge in [0, 0.05) is 24.7 Å². The third kappa shape index (κ3) is 3.67. The molecule has 0 aliphatic heterocycles. The predicted octanol–water partition coefficient (Wildman–Crippen LogP) is 2.41. The summed E-state index contributed by atoms with van der Waals surface area (Å²) in [5.41, 5.74) is 0.615. The summed E-state index contributed by atoms with van der Waals surface area (Å²) in [5.74, 6) is 0.00443. The predicted molar refractivity (Wildman–Crippen MR) is 74.4 cm³/mol. The Hall–Kier alpha value is -2.11. The molecule has 0 saturated heterocycles. The smallest absolute Gasteiger partial charge is 0.293 e. The molecule has 0 aliphatic carbocycles. The quantitative estimate of drug-likeness (QED) is 0.632. The third-order valence-electron chi connectivity index (χ3n) is 3.07. The molecule has 0 fully saturated rings. The van der Waals surface area contributed by atoms with Crippen LogP contribution in [-0.4, -0.2) is 23.9 Å². The Morgan fingerprint density at radius 3 is 2.42 bits per heavy atom. The molecule has 104 valence electrons. The molecule has 0 saturated carbocycles. The van der Waals surface area contributed by atoms with E-state index in [1.165, 1.54) is 13.1 Å². The molecule has 1 amide bonds. The lowest BCUT2D eigenvalue weighted by atomic mass is 10.1. The first-order chi connectivity index (χ1) is 8.86. The number of hydrogen-bond donors (Lipinski definition) is 2. The van der Waals surface area contributed by atoms with Gasteiger partial charge in [-0.25, -0.2) is 0 Å². The molecule has 0 radical (unpaired) electrons. The number of anilines is 1. The molecule has 1 atom stereocenters. The lowest BCUT2D eigenvalue weighted by Crippen LogP contribution is -2.22. The first-order valence-electron chi connectivity index (χ1n) is 6.13. The summed E-state index contributed by atoms with van der Waals surface area (Å²) < 4.78 is 0. The average Bonchev–Trinajstić information content (AvgIpc) is 2.37. The van der Waals surface area contributed by atoms with Crippen molar-refractivity contribution in [2.24, 2.45) is 5.92 Å². The number of nitro benzene ring substituents is 1. The second kappa shape index (κ2) is 6.17. The van der Waals surface area contributed by atoms with Gasteiger partial charge in [0.05, 0.1) is 4.92 Å². The number of carbonyl (C=O) groups excluding carboxylic acids is 1. The Bertz CT molecular complexity index is 486. The minimum absolute atomic E-state index is 0.0893. The van der Waals surface area contributed by atoms with Crippen molar-refractivity contribution < 1.29 is 9.72 Å². The van der Waals surface area contributed by atoms with Gasteiger partial charge < -0.3 is 10.6 Å². The van der Waals surface area contributed by atoms with Crippen LogP contribution >= 0.6 is 0 Å². The fraction of sp³-hybridized carbons (Fsp3) is 0.462. The fourth-order valence-electron chi connectivity index (χ4n) is 1.50. The molecule has 0 spiro atoms. The van der Waals surface area contributed by atoms with E-state index in [9.17, 15) is 14.9 Å². The number of carbonyl (C=O) groups is 1. The van der Waals surface area contributed by atoms with Gasteiger partial charge in [-0.15, -0.1) is 0 Å². The van der Waals surface area contributed by atoms with E-state index in [1.807, 2.05) is 20.8 Å². The van der Waals surface area contributed by atoms with Crippen molar-refractivity contribution in [1.82, 2.24) is 5.32 Å². The Kier molecular flexibility index (Phi) is 4.86. The van der Waals surface area contributed by atoms with Crippen molar-refractivity contribution in [1.29, 1.82) is 0 Å². The molecule has 0 heterocycles. The van der Waals surface area contributed by atoms with E-state index in [0.29, 0.717) is 11.6 Å². The summed E-state index contributed by atoms with van der Waals surface area (Å²) in [7, 11) is 1.49. The van der Waals surface area contributed by atoms with Crippen molar-refractivity contribution in [3.8, 4) is 0 Å². The van der Waals surface area contributed by atoms with Gasteiger partial charge in [0.25, 0.3) is 11.6 Å². The minimum Gasteiger partial charge on any atom is -0.377 e. The topological polar surface area (TPSA) is 84.3 Å². The average molecular weight is 265 g/mol. The maximum absolute atomic E-state index is 11.5. The molecule has 2 N–H and O–H groups in total. The van der Waals surface area contributed by atoms with Crippen LogP contribution in [0, 0.1) is 16.0 Å². The number of amides is 1. The molecule has 1 rings (SSSR count). The van der Waals surface area contributed by atoms with E-state index in [-0.39, 0.29) is 23.2 Å². The van der Waals surface area contributed by atoms with Gasteiger partial charge in [-0.05, 0) is 25.0 Å². The number of nitro groups is 1. The van der Waals surface area contributed by atoms with Crippen molar-refractivity contribution in [3.63, 3.8) is 0 Å². The van der Waals surface area contributed by atoms with Crippen LogP contribution in [0.3, 0.4) is 0 Å². The van der Waals surface area contributed by atoms with E-state index in [4.69, 9.17) is 0 Å². The van der Waals surface area contributed by atoms with Crippen LogP contribution in [0.25, 0.3) is 0 Å². The van der Waals surface area contributed by atoms with Gasteiger partial charge in [0.15, 0.2) is 0 Å². The number of rotatable bonds is 5. The molecular weight excluding hydrogens is 246 g/mol. The normalized spacial score (nSPS) is 12.1. The zero-order valence-corrected chi connectivity index (χ0v) is 11.6. The van der Waals surface area contributed by atoms with E-state index >= 15 is 0 Å². The Morgan fingerprint density at radius 1 is 1.32 bits per heavy atom. The summed E-state index contributed by atoms with van der Waals surface area (Å²) >= 11 is 0. The highest BCUT2D eigenvalue weighted by Gasteiger charge is 2.19. The highest BCUT2D eigenvalue weighted by molar-refractivity contribution is 5.95. The van der Waals surface area contributed by atoms with Gasteiger partial charge in [0.2, 0.25) is 0 Å². The SMILES string of the molecule is CNC(=O)c1ccc(NC(C)C(C)C)c([N+](=O)[O-])c1. The van der Waals surface area contributed by atoms with Crippen LogP contribution in [0.2, 0.25) is 0 Å². The van der Waals surface area contributed by atoms with Crippen molar-refractivity contribution in [3.05, 3.63) is 33.9 Å². The van der Waals surface area contributed by atoms with Gasteiger partial charge in [-0.1, -0.05) is 13.8 Å². The molecule has 1 aromatic carbocycles. The molecule has 0 bridgehead atoms. The molecule has 19 heavy (non-hydrogen) atoms. The summed E-state index contributed by atoms with van der Waals surface area (Å²) in [4.78, 5) is 22.1. The van der Waals surface area contributed by atoms with Crippen LogP contribution in [0.1, 0.15) is 31.1 Å². The number of benzene rings is 1. The van der Waals surface area contributed by atoms with E-state index in [1.54, 1.807) is 12.1 Å². The monoisotopic (exact) mass is 265 g/mol. The summed E-state index contributed by atoms with van der Waals surface area (Å²) in [5, 5.41) is 16.6. The first-order valence-corrected chi connectivity index (χ1v) is 6.13. The second-order valence-electron chi connectivity index (χ2n) is 4.75. The Labute approximate surface area is 112 Å². The Morgan fingerprint density at radius 2 is 1.95 bits per heavy atom. The lowest BCUT2D eigenvalue weighted by Gasteiger charge is -2.18. The van der Waals surface area contributed by atoms with Gasteiger partial charge in [-0.3, -0.25) is 14.9 Å². The third-order valence-corrected chi connectivity index (χ3v) is 3.07. The van der Waals surface area contributed by atoms with Crippen LogP contribution in [0.5, 0.6) is 0 Å². The van der Waals surface area contributed by atoms with Crippen molar-refractivity contribution >= 4 is 17.3 Å².